The van der Waals surface area contributed by atoms with Gasteiger partial charge in [0.1, 0.15) is 0 Å². The number of thioether (sulfide) groups is 1. The standard InChI is InChI=1S/C14H22N2O2S/c1-10(7-8-19-3)15-14(18)16-13-6-4-5-12(9-13)11(2)17/h4-6,9-11,17H,7-8H2,1-3H3,(H2,15,16,18). The molecule has 0 bridgehead atoms. The number of benzene rings is 1. The van der Waals surface area contributed by atoms with Crippen LogP contribution in [-0.4, -0.2) is 29.2 Å². The predicted molar refractivity (Wildman–Crippen MR) is 81.7 cm³/mol. The summed E-state index contributed by atoms with van der Waals surface area (Å²) in [6, 6.07) is 7.15. The molecule has 1 aromatic rings. The van der Waals surface area contributed by atoms with Gasteiger partial charge in [0.2, 0.25) is 0 Å². The fourth-order valence-electron chi connectivity index (χ4n) is 1.63. The number of anilines is 1. The summed E-state index contributed by atoms with van der Waals surface area (Å²) in [5, 5.41) is 15.2. The van der Waals surface area contributed by atoms with Gasteiger partial charge in [-0.2, -0.15) is 11.8 Å². The minimum atomic E-state index is -0.537. The lowest BCUT2D eigenvalue weighted by molar-refractivity contribution is 0.199. The second-order valence-electron chi connectivity index (χ2n) is 4.58. The van der Waals surface area contributed by atoms with E-state index in [-0.39, 0.29) is 12.1 Å². The summed E-state index contributed by atoms with van der Waals surface area (Å²) in [4.78, 5) is 11.8. The average Bonchev–Trinajstić information content (AvgIpc) is 2.36. The predicted octanol–water partition coefficient (Wildman–Crippen LogP) is 3.00. The van der Waals surface area contributed by atoms with Gasteiger partial charge in [-0.3, -0.25) is 0 Å². The number of carbonyl (C=O) groups excluding carboxylic acids is 1. The van der Waals surface area contributed by atoms with Crippen LogP contribution in [0.3, 0.4) is 0 Å². The van der Waals surface area contributed by atoms with Gasteiger partial charge in [0.15, 0.2) is 0 Å². The molecule has 0 saturated carbocycles. The average molecular weight is 282 g/mol. The number of rotatable bonds is 6. The maximum absolute atomic E-state index is 11.8. The summed E-state index contributed by atoms with van der Waals surface area (Å²) in [5.74, 6) is 1.03. The zero-order valence-electron chi connectivity index (χ0n) is 11.6. The number of hydrogen-bond acceptors (Lipinski definition) is 3. The van der Waals surface area contributed by atoms with Gasteiger partial charge in [-0.25, -0.2) is 4.79 Å². The number of aliphatic hydroxyl groups is 1. The molecule has 1 rings (SSSR count). The van der Waals surface area contributed by atoms with Crippen molar-refractivity contribution in [3.05, 3.63) is 29.8 Å². The van der Waals surface area contributed by atoms with E-state index in [0.29, 0.717) is 5.69 Å². The Labute approximate surface area is 119 Å². The van der Waals surface area contributed by atoms with Crippen LogP contribution in [-0.2, 0) is 0 Å². The highest BCUT2D eigenvalue weighted by atomic mass is 32.2. The third-order valence-corrected chi connectivity index (χ3v) is 3.40. The first-order chi connectivity index (χ1) is 9.02. The van der Waals surface area contributed by atoms with E-state index in [1.807, 2.05) is 25.3 Å². The number of hydrogen-bond donors (Lipinski definition) is 3. The van der Waals surface area contributed by atoms with E-state index in [4.69, 9.17) is 0 Å². The Morgan fingerprint density at radius 3 is 2.79 bits per heavy atom. The van der Waals surface area contributed by atoms with Crippen molar-refractivity contribution >= 4 is 23.5 Å². The molecule has 0 aliphatic heterocycles. The molecule has 3 N–H and O–H groups in total. The van der Waals surface area contributed by atoms with Gasteiger partial charge in [-0.1, -0.05) is 12.1 Å². The van der Waals surface area contributed by atoms with E-state index in [2.05, 4.69) is 10.6 Å². The van der Waals surface area contributed by atoms with Crippen LogP contribution in [0, 0.1) is 0 Å². The Morgan fingerprint density at radius 1 is 1.42 bits per heavy atom. The van der Waals surface area contributed by atoms with E-state index in [1.54, 1.807) is 30.8 Å². The van der Waals surface area contributed by atoms with Crippen molar-refractivity contribution in [2.75, 3.05) is 17.3 Å². The lowest BCUT2D eigenvalue weighted by Gasteiger charge is -2.14. The first-order valence-corrected chi connectivity index (χ1v) is 7.76. The Balaban J connectivity index is 2.50. The lowest BCUT2D eigenvalue weighted by atomic mass is 10.1. The van der Waals surface area contributed by atoms with E-state index in [0.717, 1.165) is 17.7 Å². The molecule has 2 amide bonds. The zero-order valence-corrected chi connectivity index (χ0v) is 12.5. The molecule has 2 unspecified atom stereocenters. The molecule has 106 valence electrons. The number of urea groups is 1. The van der Waals surface area contributed by atoms with Gasteiger partial charge in [0, 0.05) is 11.7 Å². The van der Waals surface area contributed by atoms with Gasteiger partial charge in [-0.15, -0.1) is 0 Å². The van der Waals surface area contributed by atoms with E-state index in [9.17, 15) is 9.90 Å². The Hall–Kier alpha value is -1.20. The molecular weight excluding hydrogens is 260 g/mol. The molecule has 0 saturated heterocycles. The smallest absolute Gasteiger partial charge is 0.319 e. The number of nitrogens with one attached hydrogen (secondary N) is 2. The van der Waals surface area contributed by atoms with Crippen molar-refractivity contribution in [1.82, 2.24) is 5.32 Å². The van der Waals surface area contributed by atoms with E-state index < -0.39 is 6.10 Å². The third kappa shape index (κ3) is 5.98. The van der Waals surface area contributed by atoms with Crippen molar-refractivity contribution in [2.45, 2.75) is 32.4 Å². The van der Waals surface area contributed by atoms with Crippen LogP contribution in [0.2, 0.25) is 0 Å². The summed E-state index contributed by atoms with van der Waals surface area (Å²) < 4.78 is 0. The minimum absolute atomic E-state index is 0.146. The fraction of sp³-hybridized carbons (Fsp3) is 0.500. The quantitative estimate of drug-likeness (QED) is 0.751. The number of aliphatic hydroxyl groups excluding tert-OH is 1. The fourth-order valence-corrected chi connectivity index (χ4v) is 2.22. The molecule has 2 atom stereocenters. The Morgan fingerprint density at radius 2 is 2.16 bits per heavy atom. The second kappa shape index (κ2) is 8.07. The number of amides is 2. The van der Waals surface area contributed by atoms with Crippen molar-refractivity contribution < 1.29 is 9.90 Å². The largest absolute Gasteiger partial charge is 0.389 e. The molecule has 0 heterocycles. The minimum Gasteiger partial charge on any atom is -0.389 e. The van der Waals surface area contributed by atoms with Gasteiger partial charge >= 0.3 is 6.03 Å². The van der Waals surface area contributed by atoms with Crippen molar-refractivity contribution in [2.24, 2.45) is 0 Å². The van der Waals surface area contributed by atoms with E-state index >= 15 is 0 Å². The van der Waals surface area contributed by atoms with E-state index in [1.165, 1.54) is 0 Å². The van der Waals surface area contributed by atoms with Crippen LogP contribution in [0.1, 0.15) is 31.9 Å². The maximum Gasteiger partial charge on any atom is 0.319 e. The number of carbonyl (C=O) groups is 1. The topological polar surface area (TPSA) is 61.4 Å². The Kier molecular flexibility index (Phi) is 6.73. The van der Waals surface area contributed by atoms with Gasteiger partial charge < -0.3 is 15.7 Å². The van der Waals surface area contributed by atoms with Crippen molar-refractivity contribution in [1.29, 1.82) is 0 Å². The van der Waals surface area contributed by atoms with Crippen LogP contribution in [0.5, 0.6) is 0 Å². The normalized spacial score (nSPS) is 13.7. The molecule has 0 spiro atoms. The van der Waals surface area contributed by atoms with Gasteiger partial charge in [0.25, 0.3) is 0 Å². The first-order valence-electron chi connectivity index (χ1n) is 6.37. The van der Waals surface area contributed by atoms with Crippen LogP contribution in [0.4, 0.5) is 10.5 Å². The molecule has 0 radical (unpaired) electrons. The summed E-state index contributed by atoms with van der Waals surface area (Å²) in [6.45, 7) is 3.69. The molecule has 0 aromatic heterocycles. The van der Waals surface area contributed by atoms with Gasteiger partial charge in [-0.05, 0) is 50.0 Å². The summed E-state index contributed by atoms with van der Waals surface area (Å²) in [6.07, 6.45) is 2.46. The Bertz CT molecular complexity index is 410. The van der Waals surface area contributed by atoms with Crippen molar-refractivity contribution in [3.8, 4) is 0 Å². The highest BCUT2D eigenvalue weighted by Crippen LogP contribution is 2.16. The third-order valence-electron chi connectivity index (χ3n) is 2.76. The molecule has 0 fully saturated rings. The summed E-state index contributed by atoms with van der Waals surface area (Å²) in [7, 11) is 0. The molecule has 19 heavy (non-hydrogen) atoms. The molecular formula is C14H22N2O2S. The first kappa shape index (κ1) is 15.9. The monoisotopic (exact) mass is 282 g/mol. The van der Waals surface area contributed by atoms with Crippen LogP contribution in [0.25, 0.3) is 0 Å². The van der Waals surface area contributed by atoms with Crippen LogP contribution >= 0.6 is 11.8 Å². The molecule has 1 aromatic carbocycles. The van der Waals surface area contributed by atoms with Crippen LogP contribution < -0.4 is 10.6 Å². The molecule has 0 aliphatic carbocycles. The highest BCUT2D eigenvalue weighted by molar-refractivity contribution is 7.98. The second-order valence-corrected chi connectivity index (χ2v) is 5.57. The maximum atomic E-state index is 11.8. The van der Waals surface area contributed by atoms with Crippen molar-refractivity contribution in [3.63, 3.8) is 0 Å². The van der Waals surface area contributed by atoms with Gasteiger partial charge in [0.05, 0.1) is 6.10 Å². The molecule has 4 nitrogen and oxygen atoms in total. The zero-order chi connectivity index (χ0) is 14.3. The summed E-state index contributed by atoms with van der Waals surface area (Å²) in [5.41, 5.74) is 1.47. The van der Waals surface area contributed by atoms with Crippen LogP contribution in [0.15, 0.2) is 24.3 Å². The molecule has 0 aliphatic rings. The molecule has 5 heteroatoms. The SMILES string of the molecule is CSCCC(C)NC(=O)Nc1cccc(C(C)O)c1. The summed E-state index contributed by atoms with van der Waals surface area (Å²) >= 11 is 1.77. The lowest BCUT2D eigenvalue weighted by Crippen LogP contribution is -2.36. The highest BCUT2D eigenvalue weighted by Gasteiger charge is 2.08.